The Morgan fingerprint density at radius 2 is 1.93 bits per heavy atom. The Hall–Kier alpha value is -1.96. The number of likely N-dealkylation sites (tertiary alicyclic amines) is 1. The summed E-state index contributed by atoms with van der Waals surface area (Å²) in [5.74, 6) is 0.851. The molecule has 1 aromatic heterocycles. The van der Waals surface area contributed by atoms with E-state index in [4.69, 9.17) is 9.73 Å². The molecule has 1 unspecified atom stereocenters. The quantitative estimate of drug-likeness (QED) is 0.494. The first-order chi connectivity index (χ1) is 13.7. The van der Waals surface area contributed by atoms with Crippen molar-refractivity contribution in [1.82, 2.24) is 20.5 Å². The van der Waals surface area contributed by atoms with E-state index < -0.39 is 5.91 Å². The molecular weight excluding hydrogens is 360 g/mol. The van der Waals surface area contributed by atoms with Crippen molar-refractivity contribution >= 4 is 11.8 Å². The molecule has 2 amide bonds. The third-order valence-electron chi connectivity index (χ3n) is 6.05. The smallest absolute Gasteiger partial charge is 0.244 e. The molecule has 1 atom stereocenters. The van der Waals surface area contributed by atoms with E-state index in [9.17, 15) is 9.59 Å². The number of hydroxylamine groups is 1. The van der Waals surface area contributed by atoms with Gasteiger partial charge in [0.05, 0.1) is 6.42 Å². The van der Waals surface area contributed by atoms with Crippen molar-refractivity contribution < 1.29 is 19.3 Å². The van der Waals surface area contributed by atoms with Crippen LogP contribution in [0.2, 0.25) is 0 Å². The van der Waals surface area contributed by atoms with Gasteiger partial charge in [0.15, 0.2) is 5.82 Å². The molecule has 2 heterocycles. The van der Waals surface area contributed by atoms with Crippen LogP contribution in [0.4, 0.5) is 0 Å². The van der Waals surface area contributed by atoms with Crippen molar-refractivity contribution in [2.24, 2.45) is 5.92 Å². The van der Waals surface area contributed by atoms with Crippen LogP contribution < -0.4 is 5.48 Å². The predicted molar refractivity (Wildman–Crippen MR) is 102 cm³/mol. The van der Waals surface area contributed by atoms with Gasteiger partial charge in [0, 0.05) is 25.4 Å². The summed E-state index contributed by atoms with van der Waals surface area (Å²) in [5.41, 5.74) is 1.69. The van der Waals surface area contributed by atoms with Gasteiger partial charge in [-0.15, -0.1) is 0 Å². The van der Waals surface area contributed by atoms with E-state index in [0.29, 0.717) is 11.7 Å². The van der Waals surface area contributed by atoms with Crippen LogP contribution in [-0.4, -0.2) is 45.2 Å². The maximum atomic E-state index is 12.3. The molecule has 8 nitrogen and oxygen atoms in total. The van der Waals surface area contributed by atoms with E-state index in [1.807, 2.05) is 4.90 Å². The molecular formula is C20H32N4O4. The first kappa shape index (κ1) is 20.8. The number of hydrogen-bond donors (Lipinski definition) is 2. The molecule has 28 heavy (non-hydrogen) atoms. The molecule has 0 spiro atoms. The lowest BCUT2D eigenvalue weighted by Gasteiger charge is -2.22. The second-order valence-corrected chi connectivity index (χ2v) is 8.18. The second-order valence-electron chi connectivity index (χ2n) is 8.18. The number of nitrogens with one attached hydrogen (secondary N) is 1. The summed E-state index contributed by atoms with van der Waals surface area (Å²) in [6.45, 7) is 1.59. The van der Waals surface area contributed by atoms with E-state index in [0.717, 1.165) is 51.1 Å². The molecule has 1 aliphatic heterocycles. The van der Waals surface area contributed by atoms with Crippen LogP contribution in [0.3, 0.4) is 0 Å². The fourth-order valence-corrected chi connectivity index (χ4v) is 4.43. The summed E-state index contributed by atoms with van der Waals surface area (Å²) >= 11 is 0. The first-order valence-electron chi connectivity index (χ1n) is 10.7. The monoisotopic (exact) mass is 392 g/mol. The predicted octanol–water partition coefficient (Wildman–Crippen LogP) is 2.96. The van der Waals surface area contributed by atoms with E-state index in [1.54, 1.807) is 5.48 Å². The third kappa shape index (κ3) is 6.02. The van der Waals surface area contributed by atoms with Crippen LogP contribution in [0, 0.1) is 5.92 Å². The molecule has 1 saturated heterocycles. The van der Waals surface area contributed by atoms with Gasteiger partial charge >= 0.3 is 0 Å². The Balaban J connectivity index is 1.55. The highest BCUT2D eigenvalue weighted by molar-refractivity contribution is 5.78. The summed E-state index contributed by atoms with van der Waals surface area (Å²) in [5, 5.41) is 12.8. The van der Waals surface area contributed by atoms with Crippen molar-refractivity contribution in [2.45, 2.75) is 83.0 Å². The highest BCUT2D eigenvalue weighted by Crippen LogP contribution is 2.31. The van der Waals surface area contributed by atoms with Gasteiger partial charge in [-0.2, -0.15) is 4.98 Å². The molecule has 0 bridgehead atoms. The summed E-state index contributed by atoms with van der Waals surface area (Å²) < 4.78 is 5.38. The van der Waals surface area contributed by atoms with Crippen LogP contribution in [0.5, 0.6) is 0 Å². The topological polar surface area (TPSA) is 109 Å². The average Bonchev–Trinajstić information content (AvgIpc) is 3.40. The number of carbonyl (C=O) groups is 2. The number of nitrogens with zero attached hydrogens (tertiary/aromatic N) is 3. The third-order valence-corrected chi connectivity index (χ3v) is 6.05. The van der Waals surface area contributed by atoms with Crippen molar-refractivity contribution in [3.05, 3.63) is 11.7 Å². The molecule has 0 radical (unpaired) electrons. The molecule has 1 aliphatic carbocycles. The van der Waals surface area contributed by atoms with E-state index in [2.05, 4.69) is 10.1 Å². The second kappa shape index (κ2) is 10.5. The van der Waals surface area contributed by atoms with Crippen LogP contribution >= 0.6 is 0 Å². The molecule has 0 aromatic carbocycles. The molecule has 2 fully saturated rings. The summed E-state index contributed by atoms with van der Waals surface area (Å²) in [4.78, 5) is 30.2. The zero-order chi connectivity index (χ0) is 19.8. The molecule has 156 valence electrons. The van der Waals surface area contributed by atoms with Gasteiger partial charge in [-0.1, -0.05) is 50.1 Å². The largest absolute Gasteiger partial charge is 0.342 e. The molecule has 2 N–H and O–H groups in total. The fourth-order valence-electron chi connectivity index (χ4n) is 4.43. The van der Waals surface area contributed by atoms with Gasteiger partial charge in [0.25, 0.3) is 0 Å². The van der Waals surface area contributed by atoms with Gasteiger partial charge in [-0.25, -0.2) is 5.48 Å². The lowest BCUT2D eigenvalue weighted by Crippen LogP contribution is -2.29. The zero-order valence-corrected chi connectivity index (χ0v) is 16.6. The van der Waals surface area contributed by atoms with Crippen molar-refractivity contribution in [3.8, 4) is 0 Å². The number of amides is 2. The van der Waals surface area contributed by atoms with Crippen molar-refractivity contribution in [1.29, 1.82) is 0 Å². The van der Waals surface area contributed by atoms with Gasteiger partial charge in [-0.05, 0) is 25.2 Å². The normalized spacial score (nSPS) is 19.0. The van der Waals surface area contributed by atoms with Crippen molar-refractivity contribution in [2.75, 3.05) is 13.1 Å². The lowest BCUT2D eigenvalue weighted by atomic mass is 9.84. The van der Waals surface area contributed by atoms with E-state index in [1.165, 1.54) is 32.1 Å². The highest BCUT2D eigenvalue weighted by atomic mass is 16.5. The summed E-state index contributed by atoms with van der Waals surface area (Å²) in [7, 11) is 0. The highest BCUT2D eigenvalue weighted by Gasteiger charge is 2.25. The van der Waals surface area contributed by atoms with E-state index >= 15 is 0 Å². The minimum atomic E-state index is -0.462. The zero-order valence-electron chi connectivity index (χ0n) is 16.6. The maximum absolute atomic E-state index is 12.3. The van der Waals surface area contributed by atoms with Gasteiger partial charge in [0.1, 0.15) is 0 Å². The maximum Gasteiger partial charge on any atom is 0.244 e. The minimum Gasteiger partial charge on any atom is -0.342 e. The first-order valence-corrected chi connectivity index (χ1v) is 10.7. The van der Waals surface area contributed by atoms with Crippen LogP contribution in [-0.2, 0) is 16.0 Å². The Kier molecular flexibility index (Phi) is 7.82. The van der Waals surface area contributed by atoms with Crippen LogP contribution in [0.15, 0.2) is 4.52 Å². The van der Waals surface area contributed by atoms with Crippen molar-refractivity contribution in [3.63, 3.8) is 0 Å². The van der Waals surface area contributed by atoms with Crippen LogP contribution in [0.1, 0.15) is 88.3 Å². The standard InChI is InChI=1S/C20H32N4O4/c25-18(22-27)13-16(10-6-9-15-7-2-1-3-8-15)20-21-17(23-28-20)14-19(26)24-11-4-5-12-24/h15-16,27H,1-14H2,(H,22,25). The molecule has 8 heteroatoms. The van der Waals surface area contributed by atoms with E-state index in [-0.39, 0.29) is 24.7 Å². The molecule has 2 aliphatic rings. The SMILES string of the molecule is O=C(CC(CCCC1CCCCC1)c1nc(CC(=O)N2CCCC2)no1)NO. The number of rotatable bonds is 9. The number of carbonyl (C=O) groups excluding carboxylic acids is 2. The Labute approximate surface area is 166 Å². The molecule has 1 aromatic rings. The molecule has 1 saturated carbocycles. The average molecular weight is 393 g/mol. The summed E-state index contributed by atoms with van der Waals surface area (Å²) in [6.07, 6.45) is 11.8. The fraction of sp³-hybridized carbons (Fsp3) is 0.800. The Morgan fingerprint density at radius 1 is 1.18 bits per heavy atom. The van der Waals surface area contributed by atoms with Gasteiger partial charge in [0.2, 0.25) is 17.7 Å². The number of aromatic nitrogens is 2. The van der Waals surface area contributed by atoms with Crippen LogP contribution in [0.25, 0.3) is 0 Å². The number of hydrogen-bond acceptors (Lipinski definition) is 6. The van der Waals surface area contributed by atoms with Gasteiger partial charge in [-0.3, -0.25) is 14.8 Å². The van der Waals surface area contributed by atoms with Gasteiger partial charge < -0.3 is 9.42 Å². The lowest BCUT2D eigenvalue weighted by molar-refractivity contribution is -0.130. The summed E-state index contributed by atoms with van der Waals surface area (Å²) in [6, 6.07) is 0. The Bertz CT molecular complexity index is 636. The minimum absolute atomic E-state index is 0.0202. The molecule has 3 rings (SSSR count). The Morgan fingerprint density at radius 3 is 2.64 bits per heavy atom.